The minimum absolute atomic E-state index is 0.202. The minimum Gasteiger partial charge on any atom is -0.493 e. The van der Waals surface area contributed by atoms with Crippen LogP contribution in [0.4, 0.5) is 13.2 Å². The standard InChI is InChI=1S/C31H32Cl2F3N3O4S/c32-22-13-20(14-23(33)16-22)28(39-44(41,42)25-7-3-4-21(15-25)31(34,35)36)17-30(40)38-27-10-11-43-29-12-19(8-9-26(27)29)18-37-24-5-1-2-6-24/h3-4,7-9,12-16,24,27-28,37,39H,1-2,5-6,10-11,17-18H2,(H,38,40)/t27-,28?/m1/s1. The summed E-state index contributed by atoms with van der Waals surface area (Å²) in [6.45, 7) is 1.10. The van der Waals surface area contributed by atoms with Crippen molar-refractivity contribution in [1.82, 2.24) is 15.4 Å². The number of carbonyl (C=O) groups is 1. The average Bonchev–Trinajstić information content (AvgIpc) is 3.49. The van der Waals surface area contributed by atoms with Gasteiger partial charge in [0.1, 0.15) is 5.75 Å². The number of hydrogen-bond acceptors (Lipinski definition) is 5. The lowest BCUT2D eigenvalue weighted by molar-refractivity contribution is -0.137. The largest absolute Gasteiger partial charge is 0.493 e. The topological polar surface area (TPSA) is 96.5 Å². The van der Waals surface area contributed by atoms with E-state index in [1.165, 1.54) is 43.9 Å². The summed E-state index contributed by atoms with van der Waals surface area (Å²) in [6, 6.07) is 12.6. The second-order valence-corrected chi connectivity index (χ2v) is 13.7. The molecule has 2 atom stereocenters. The minimum atomic E-state index is -4.74. The molecule has 236 valence electrons. The molecule has 0 radical (unpaired) electrons. The molecule has 1 amide bonds. The van der Waals surface area contributed by atoms with Crippen LogP contribution in [0.2, 0.25) is 10.0 Å². The molecule has 1 saturated carbocycles. The van der Waals surface area contributed by atoms with Crippen LogP contribution in [0.3, 0.4) is 0 Å². The predicted octanol–water partition coefficient (Wildman–Crippen LogP) is 7.09. The van der Waals surface area contributed by atoms with Crippen LogP contribution in [0.1, 0.15) is 72.9 Å². The zero-order chi connectivity index (χ0) is 31.5. The maximum atomic E-state index is 13.4. The molecule has 7 nitrogen and oxygen atoms in total. The van der Waals surface area contributed by atoms with Crippen LogP contribution in [0.15, 0.2) is 65.6 Å². The van der Waals surface area contributed by atoms with Gasteiger partial charge in [0, 0.05) is 41.0 Å². The maximum absolute atomic E-state index is 13.4. The molecule has 1 heterocycles. The van der Waals surface area contributed by atoms with Crippen molar-refractivity contribution in [2.45, 2.75) is 74.3 Å². The number of nitrogens with one attached hydrogen (secondary N) is 3. The summed E-state index contributed by atoms with van der Waals surface area (Å²) in [4.78, 5) is 12.8. The average molecular weight is 671 g/mol. The highest BCUT2D eigenvalue weighted by Crippen LogP contribution is 2.35. The normalized spacial score (nSPS) is 18.0. The summed E-state index contributed by atoms with van der Waals surface area (Å²) < 4.78 is 74.7. The fourth-order valence-electron chi connectivity index (χ4n) is 5.62. The first kappa shape index (κ1) is 32.6. The third-order valence-electron chi connectivity index (χ3n) is 7.85. The number of sulfonamides is 1. The second kappa shape index (κ2) is 13.7. The Labute approximate surface area is 264 Å². The van der Waals surface area contributed by atoms with Gasteiger partial charge in [0.25, 0.3) is 0 Å². The number of fused-ring (bicyclic) bond motifs is 1. The first-order valence-electron chi connectivity index (χ1n) is 14.3. The number of amides is 1. The van der Waals surface area contributed by atoms with Gasteiger partial charge in [-0.1, -0.05) is 54.2 Å². The van der Waals surface area contributed by atoms with Gasteiger partial charge in [-0.25, -0.2) is 13.1 Å². The fraction of sp³-hybridized carbons (Fsp3) is 0.387. The van der Waals surface area contributed by atoms with E-state index in [4.69, 9.17) is 27.9 Å². The lowest BCUT2D eigenvalue weighted by Gasteiger charge is -2.28. The molecule has 1 fully saturated rings. The van der Waals surface area contributed by atoms with Crippen molar-refractivity contribution in [3.63, 3.8) is 0 Å². The smallest absolute Gasteiger partial charge is 0.416 e. The van der Waals surface area contributed by atoms with Crippen molar-refractivity contribution < 1.29 is 31.1 Å². The van der Waals surface area contributed by atoms with Crippen molar-refractivity contribution in [1.29, 1.82) is 0 Å². The molecule has 1 aliphatic heterocycles. The molecule has 2 aliphatic rings. The van der Waals surface area contributed by atoms with E-state index in [-0.39, 0.29) is 28.1 Å². The molecule has 0 spiro atoms. The highest BCUT2D eigenvalue weighted by Gasteiger charge is 2.33. The number of hydrogen-bond donors (Lipinski definition) is 3. The molecule has 3 aromatic carbocycles. The molecule has 0 aromatic heterocycles. The van der Waals surface area contributed by atoms with Gasteiger partial charge in [0.2, 0.25) is 15.9 Å². The Morgan fingerprint density at radius 3 is 2.41 bits per heavy atom. The maximum Gasteiger partial charge on any atom is 0.416 e. The molecule has 0 saturated heterocycles. The van der Waals surface area contributed by atoms with Gasteiger partial charge >= 0.3 is 6.18 Å². The number of ether oxygens (including phenoxy) is 1. The molecule has 44 heavy (non-hydrogen) atoms. The van der Waals surface area contributed by atoms with Gasteiger partial charge < -0.3 is 15.4 Å². The zero-order valence-corrected chi connectivity index (χ0v) is 25.9. The van der Waals surface area contributed by atoms with Crippen molar-refractivity contribution >= 4 is 39.1 Å². The predicted molar refractivity (Wildman–Crippen MR) is 162 cm³/mol. The van der Waals surface area contributed by atoms with E-state index >= 15 is 0 Å². The molecule has 5 rings (SSSR count). The molecular weight excluding hydrogens is 638 g/mol. The van der Waals surface area contributed by atoms with Crippen molar-refractivity contribution in [3.8, 4) is 5.75 Å². The van der Waals surface area contributed by atoms with E-state index in [0.29, 0.717) is 37.4 Å². The van der Waals surface area contributed by atoms with Gasteiger partial charge in [-0.05, 0) is 66.4 Å². The molecular formula is C31H32Cl2F3N3O4S. The Bertz CT molecular complexity index is 1590. The first-order chi connectivity index (χ1) is 20.9. The van der Waals surface area contributed by atoms with Gasteiger partial charge in [0.05, 0.1) is 29.1 Å². The summed E-state index contributed by atoms with van der Waals surface area (Å²) in [6.07, 6.45) is 0.224. The summed E-state index contributed by atoms with van der Waals surface area (Å²) >= 11 is 12.3. The molecule has 0 bridgehead atoms. The molecule has 1 aliphatic carbocycles. The van der Waals surface area contributed by atoms with Crippen molar-refractivity contribution in [2.24, 2.45) is 0 Å². The summed E-state index contributed by atoms with van der Waals surface area (Å²) in [5.41, 5.74) is 1.04. The van der Waals surface area contributed by atoms with Gasteiger partial charge in [0.15, 0.2) is 0 Å². The fourth-order valence-corrected chi connectivity index (χ4v) is 7.44. The Morgan fingerprint density at radius 2 is 1.70 bits per heavy atom. The molecule has 3 N–H and O–H groups in total. The van der Waals surface area contributed by atoms with Crippen LogP contribution < -0.4 is 20.1 Å². The van der Waals surface area contributed by atoms with Crippen LogP contribution in [0.25, 0.3) is 0 Å². The zero-order valence-electron chi connectivity index (χ0n) is 23.6. The van der Waals surface area contributed by atoms with Gasteiger partial charge in [-0.3, -0.25) is 4.79 Å². The van der Waals surface area contributed by atoms with Crippen LogP contribution in [-0.4, -0.2) is 27.0 Å². The number of benzene rings is 3. The number of carbonyl (C=O) groups excluding carboxylic acids is 1. The van der Waals surface area contributed by atoms with Crippen LogP contribution in [0.5, 0.6) is 5.75 Å². The molecule has 13 heteroatoms. The SMILES string of the molecule is O=C(CC(NS(=O)(=O)c1cccc(C(F)(F)F)c1)c1cc(Cl)cc(Cl)c1)N[C@@H]1CCOc2cc(CNC3CCCC3)ccc21. The lowest BCUT2D eigenvalue weighted by atomic mass is 9.97. The van der Waals surface area contributed by atoms with Gasteiger partial charge in [-0.15, -0.1) is 0 Å². The highest BCUT2D eigenvalue weighted by atomic mass is 35.5. The van der Waals surface area contributed by atoms with Crippen molar-refractivity contribution in [3.05, 3.63) is 93.0 Å². The number of alkyl halides is 3. The second-order valence-electron chi connectivity index (χ2n) is 11.1. The molecule has 3 aromatic rings. The van der Waals surface area contributed by atoms with Crippen LogP contribution >= 0.6 is 23.2 Å². The number of halogens is 5. The third kappa shape index (κ3) is 8.25. The van der Waals surface area contributed by atoms with Gasteiger partial charge in [-0.2, -0.15) is 13.2 Å². The summed E-state index contributed by atoms with van der Waals surface area (Å²) in [5.74, 6) is 0.193. The van der Waals surface area contributed by atoms with E-state index in [1.54, 1.807) is 0 Å². The van der Waals surface area contributed by atoms with E-state index < -0.39 is 38.6 Å². The Kier molecular flexibility index (Phi) is 10.1. The summed E-state index contributed by atoms with van der Waals surface area (Å²) in [5, 5.41) is 6.95. The monoisotopic (exact) mass is 669 g/mol. The number of rotatable bonds is 10. The lowest BCUT2D eigenvalue weighted by Crippen LogP contribution is -2.36. The Hall–Kier alpha value is -2.83. The van der Waals surface area contributed by atoms with E-state index in [0.717, 1.165) is 29.3 Å². The molecule has 1 unspecified atom stereocenters. The summed E-state index contributed by atoms with van der Waals surface area (Å²) in [7, 11) is -4.50. The first-order valence-corrected chi connectivity index (χ1v) is 16.6. The Morgan fingerprint density at radius 1 is 0.977 bits per heavy atom. The van der Waals surface area contributed by atoms with E-state index in [9.17, 15) is 26.4 Å². The van der Waals surface area contributed by atoms with Crippen LogP contribution in [0, 0.1) is 0 Å². The quantitative estimate of drug-likeness (QED) is 0.214. The highest BCUT2D eigenvalue weighted by molar-refractivity contribution is 7.89. The van der Waals surface area contributed by atoms with E-state index in [2.05, 4.69) is 15.4 Å². The van der Waals surface area contributed by atoms with Crippen molar-refractivity contribution in [2.75, 3.05) is 6.61 Å². The van der Waals surface area contributed by atoms with Crippen LogP contribution in [-0.2, 0) is 27.5 Å². The Balaban J connectivity index is 1.33. The third-order valence-corrected chi connectivity index (χ3v) is 9.75. The van der Waals surface area contributed by atoms with E-state index in [1.807, 2.05) is 18.2 Å².